The summed E-state index contributed by atoms with van der Waals surface area (Å²) in [6.07, 6.45) is 0. The third-order valence-electron chi connectivity index (χ3n) is 0. The minimum Gasteiger partial charge on any atom is -0.321 e. The molecular formula is C2H7Cl3O9. The Hall–Kier alpha value is 0.250. The van der Waals surface area contributed by atoms with Crippen molar-refractivity contribution in [3.8, 4) is 0 Å². The van der Waals surface area contributed by atoms with E-state index in [2.05, 4.69) is 13.2 Å². The van der Waals surface area contributed by atoms with Crippen LogP contribution in [0.15, 0.2) is 13.2 Å². The van der Waals surface area contributed by atoms with Gasteiger partial charge in [-0.2, -0.15) is 0 Å². The van der Waals surface area contributed by atoms with E-state index >= 15 is 0 Å². The summed E-state index contributed by atoms with van der Waals surface area (Å²) < 4.78 is 71.9. The van der Waals surface area contributed by atoms with E-state index in [1.807, 2.05) is 0 Å². The van der Waals surface area contributed by atoms with Gasteiger partial charge in [0.25, 0.3) is 32.4 Å². The molecule has 0 bridgehead atoms. The predicted molar refractivity (Wildman–Crippen MR) is 17.9 cm³/mol. The van der Waals surface area contributed by atoms with Crippen LogP contribution in [0.2, 0.25) is 0 Å². The summed E-state index contributed by atoms with van der Waals surface area (Å²) in [5.74, 6) is 0. The zero-order chi connectivity index (χ0) is 12.7. The van der Waals surface area contributed by atoms with Crippen LogP contribution in [-0.4, -0.2) is 14.0 Å². The molecule has 0 radical (unpaired) electrons. The third-order valence-corrected chi connectivity index (χ3v) is 0. The van der Waals surface area contributed by atoms with Crippen LogP contribution in [0.1, 0.15) is 0 Å². The van der Waals surface area contributed by atoms with E-state index in [0.29, 0.717) is 0 Å². The Kier molecular flexibility index (Phi) is 39.5. The second-order valence-corrected chi connectivity index (χ2v) is 1.81. The Bertz CT molecular complexity index is 55.9. The first kappa shape index (κ1) is 23.8. The molecule has 0 amide bonds. The van der Waals surface area contributed by atoms with Crippen molar-refractivity contribution in [2.24, 2.45) is 0 Å². The van der Waals surface area contributed by atoms with Crippen LogP contribution in [0.5, 0.6) is 0 Å². The van der Waals surface area contributed by atoms with Gasteiger partial charge < -0.3 is 28.0 Å². The van der Waals surface area contributed by atoms with Gasteiger partial charge in [0.05, 0.1) is 0 Å². The molecule has 0 aliphatic heterocycles. The largest absolute Gasteiger partial charge is 0.321 e. The number of hydrogen-bond acceptors (Lipinski definition) is 9. The van der Waals surface area contributed by atoms with Crippen molar-refractivity contribution in [2.45, 2.75) is 0 Å². The molecule has 9 nitrogen and oxygen atoms in total. The van der Waals surface area contributed by atoms with Crippen LogP contribution < -0.4 is 28.0 Å². The maximum absolute atomic E-state index is 8.52. The summed E-state index contributed by atoms with van der Waals surface area (Å²) in [6.45, 7) is 6.00. The van der Waals surface area contributed by atoms with Gasteiger partial charge in [0.1, 0.15) is 0 Å². The van der Waals surface area contributed by atoms with Gasteiger partial charge in [-0.05, 0) is 0 Å². The molecule has 0 fully saturated rings. The van der Waals surface area contributed by atoms with E-state index in [-0.39, 0.29) is 0 Å². The van der Waals surface area contributed by atoms with Crippen molar-refractivity contribution < 1.29 is 74.3 Å². The Morgan fingerprint density at radius 3 is 0.571 bits per heavy atom. The van der Waals surface area contributed by atoms with Gasteiger partial charge in [-0.3, -0.25) is 0 Å². The van der Waals surface area contributed by atoms with Gasteiger partial charge in [-0.25, -0.2) is 0 Å². The number of hydrogen-bond donors (Lipinski definition) is 3. The SMILES string of the molecule is C=C.[O-][Cl+2]([O-])O.[O-][Cl+2]([O-])O.[O-][Cl+2]([O-])O. The van der Waals surface area contributed by atoms with Gasteiger partial charge in [-0.1, -0.05) is 0 Å². The molecule has 0 spiro atoms. The van der Waals surface area contributed by atoms with Crippen LogP contribution in [-0.2, 0) is 0 Å². The molecule has 0 saturated heterocycles. The highest BCUT2D eigenvalue weighted by atomic mass is 35.6. The third kappa shape index (κ3) is 24800. The highest BCUT2D eigenvalue weighted by molar-refractivity contribution is 4.22. The number of rotatable bonds is 0. The molecule has 0 unspecified atom stereocenters. The lowest BCUT2D eigenvalue weighted by Gasteiger charge is -1.72. The molecule has 0 aliphatic carbocycles. The van der Waals surface area contributed by atoms with Crippen molar-refractivity contribution in [2.75, 3.05) is 0 Å². The minimum atomic E-state index is -2.60. The van der Waals surface area contributed by atoms with Crippen molar-refractivity contribution in [1.29, 1.82) is 0 Å². The predicted octanol–water partition coefficient (Wildman–Crippen LogP) is -8.00. The van der Waals surface area contributed by atoms with Gasteiger partial charge in [0.15, 0.2) is 0 Å². The zero-order valence-electron chi connectivity index (χ0n) is 6.34. The first-order chi connectivity index (χ1) is 6.20. The normalized spacial score (nSPS) is 8.00. The minimum absolute atomic E-state index is 2.60. The molecule has 3 N–H and O–H groups in total. The van der Waals surface area contributed by atoms with E-state index in [1.165, 1.54) is 0 Å². The maximum Gasteiger partial charge on any atom is 0.282 e. The fourth-order valence-electron chi connectivity index (χ4n) is 0. The van der Waals surface area contributed by atoms with Gasteiger partial charge in [0, 0.05) is 14.0 Å². The Balaban J connectivity index is -0.0000000492. The first-order valence-electron chi connectivity index (χ1n) is 1.93. The summed E-state index contributed by atoms with van der Waals surface area (Å²) in [5, 5.41) is 0. The molecule has 12 heteroatoms. The molecule has 0 aromatic rings. The smallest absolute Gasteiger partial charge is 0.282 e. The van der Waals surface area contributed by atoms with Crippen LogP contribution in [0.3, 0.4) is 0 Å². The zero-order valence-corrected chi connectivity index (χ0v) is 8.61. The lowest BCUT2D eigenvalue weighted by atomic mass is 11.3. The molecule has 0 saturated carbocycles. The van der Waals surface area contributed by atoms with Crippen molar-refractivity contribution in [3.63, 3.8) is 0 Å². The van der Waals surface area contributed by atoms with Crippen molar-refractivity contribution >= 4 is 0 Å². The second-order valence-electron chi connectivity index (χ2n) is 0.603. The Labute approximate surface area is 88.0 Å². The Morgan fingerprint density at radius 2 is 0.571 bits per heavy atom. The molecular weight excluding hydrogens is 274 g/mol. The van der Waals surface area contributed by atoms with Crippen LogP contribution in [0, 0.1) is 32.4 Å². The highest BCUT2D eigenvalue weighted by Crippen LogP contribution is 1.39. The summed E-state index contributed by atoms with van der Waals surface area (Å²) in [4.78, 5) is 0. The maximum atomic E-state index is 8.52. The van der Waals surface area contributed by atoms with E-state index in [1.54, 1.807) is 0 Å². The molecule has 0 aliphatic rings. The monoisotopic (exact) mass is 280 g/mol. The van der Waals surface area contributed by atoms with Gasteiger partial charge in [-0.15, -0.1) is 13.2 Å². The summed E-state index contributed by atoms with van der Waals surface area (Å²) in [6, 6.07) is 0. The quantitative estimate of drug-likeness (QED) is 0.360. The fourth-order valence-corrected chi connectivity index (χ4v) is 0. The van der Waals surface area contributed by atoms with Crippen LogP contribution in [0.4, 0.5) is 0 Å². The van der Waals surface area contributed by atoms with Crippen molar-refractivity contribution in [1.82, 2.24) is 0 Å². The molecule has 0 heterocycles. The average Bonchev–Trinajstić information content (AvgIpc) is 1.86. The summed E-state index contributed by atoms with van der Waals surface area (Å²) in [5.41, 5.74) is 0. The van der Waals surface area contributed by atoms with Gasteiger partial charge >= 0.3 is 0 Å². The highest BCUT2D eigenvalue weighted by Gasteiger charge is 1.80. The topological polar surface area (TPSA) is 199 Å². The number of halogens is 3. The standard InChI is InChI=1S/C2H4.3ClHO3/c1-2;3*2-1(3)4/h1-2H2;3*2H. The van der Waals surface area contributed by atoms with E-state index in [4.69, 9.17) is 41.9 Å². The lowest BCUT2D eigenvalue weighted by molar-refractivity contribution is -1.63. The molecule has 90 valence electrons. The van der Waals surface area contributed by atoms with E-state index in [9.17, 15) is 0 Å². The molecule has 0 atom stereocenters. The molecule has 0 rings (SSSR count). The van der Waals surface area contributed by atoms with Crippen LogP contribution in [0.25, 0.3) is 0 Å². The second kappa shape index (κ2) is 23.2. The van der Waals surface area contributed by atoms with Crippen molar-refractivity contribution in [3.05, 3.63) is 13.2 Å². The first-order valence-corrected chi connectivity index (χ1v) is 4.80. The molecule has 0 aromatic carbocycles. The molecule has 0 aromatic heterocycles. The van der Waals surface area contributed by atoms with E-state index < -0.39 is 32.4 Å². The lowest BCUT2D eigenvalue weighted by Crippen LogP contribution is -2.30. The summed E-state index contributed by atoms with van der Waals surface area (Å²) >= 11 is 0. The fraction of sp³-hybridized carbons (Fsp3) is 0. The van der Waals surface area contributed by atoms with Gasteiger partial charge in [0.2, 0.25) is 0 Å². The van der Waals surface area contributed by atoms with Crippen LogP contribution >= 0.6 is 0 Å². The summed E-state index contributed by atoms with van der Waals surface area (Å²) in [7, 11) is -7.81. The Morgan fingerprint density at radius 1 is 0.571 bits per heavy atom. The van der Waals surface area contributed by atoms with E-state index in [0.717, 1.165) is 0 Å². The molecule has 14 heavy (non-hydrogen) atoms. The average molecular weight is 281 g/mol.